The highest BCUT2D eigenvalue weighted by Crippen LogP contribution is 2.32. The Bertz CT molecular complexity index is 1850. The molecular weight excluding hydrogens is 597 g/mol. The number of carbonyl (C=O) groups excluding carboxylic acids is 1. The summed E-state index contributed by atoms with van der Waals surface area (Å²) in [5, 5.41) is 3.52. The van der Waals surface area contributed by atoms with E-state index in [1.807, 2.05) is 26.0 Å². The standard InChI is InChI=1S/C30H29F3N6O4S/c1-17-15-38(16-18(2)43-17)27-5-3-4-24(37-27)22-7-6-19-12-34-21(11-23(19)28(22)31)14-36-29(40)20-10-26-25(35-13-20)8-9-39(26)44(41,42)30(32)33/h3-7,10-13,17-18,30H,8-9,14-16H2,1-2H3,(H,36,40)/t17-,18+. The van der Waals surface area contributed by atoms with Crippen LogP contribution in [0.1, 0.15) is 35.6 Å². The molecule has 5 heterocycles. The molecule has 1 amide bonds. The van der Waals surface area contributed by atoms with E-state index in [1.165, 1.54) is 18.5 Å². The van der Waals surface area contributed by atoms with Crippen LogP contribution >= 0.6 is 0 Å². The first-order chi connectivity index (χ1) is 21.0. The molecule has 1 saturated heterocycles. The van der Waals surface area contributed by atoms with Crippen molar-refractivity contribution in [2.45, 2.75) is 44.8 Å². The lowest BCUT2D eigenvalue weighted by Crippen LogP contribution is -2.45. The number of fused-ring (bicyclic) bond motifs is 2. The van der Waals surface area contributed by atoms with Crippen molar-refractivity contribution in [2.75, 3.05) is 28.8 Å². The zero-order valence-corrected chi connectivity index (χ0v) is 24.7. The third kappa shape index (κ3) is 5.66. The van der Waals surface area contributed by atoms with Crippen LogP contribution in [-0.2, 0) is 27.7 Å². The number of amides is 1. The van der Waals surface area contributed by atoms with E-state index < -0.39 is 27.5 Å². The van der Waals surface area contributed by atoms with Gasteiger partial charge in [-0.1, -0.05) is 12.1 Å². The van der Waals surface area contributed by atoms with Crippen LogP contribution in [0, 0.1) is 5.82 Å². The molecule has 1 aromatic carbocycles. The van der Waals surface area contributed by atoms with Gasteiger partial charge < -0.3 is 15.0 Å². The minimum atomic E-state index is -4.88. The zero-order chi connectivity index (χ0) is 31.2. The maximum atomic E-state index is 15.9. The van der Waals surface area contributed by atoms with Crippen molar-refractivity contribution in [1.82, 2.24) is 20.3 Å². The van der Waals surface area contributed by atoms with Gasteiger partial charge >= 0.3 is 5.76 Å². The van der Waals surface area contributed by atoms with Crippen molar-refractivity contribution >= 4 is 38.2 Å². The lowest BCUT2D eigenvalue weighted by atomic mass is 10.0. The van der Waals surface area contributed by atoms with Crippen LogP contribution in [0.2, 0.25) is 0 Å². The van der Waals surface area contributed by atoms with E-state index in [-0.39, 0.29) is 43.0 Å². The fourth-order valence-corrected chi connectivity index (χ4v) is 6.58. The molecular formula is C30H29F3N6O4S. The summed E-state index contributed by atoms with van der Waals surface area (Å²) in [7, 11) is -4.88. The van der Waals surface area contributed by atoms with E-state index in [2.05, 4.69) is 20.2 Å². The normalized spacial score (nSPS) is 18.6. The average Bonchev–Trinajstić information content (AvgIpc) is 3.44. The Hall–Kier alpha value is -4.30. The van der Waals surface area contributed by atoms with Gasteiger partial charge in [0.25, 0.3) is 15.9 Å². The van der Waals surface area contributed by atoms with Crippen LogP contribution in [0.15, 0.2) is 54.9 Å². The van der Waals surface area contributed by atoms with E-state index in [1.54, 1.807) is 24.3 Å². The van der Waals surface area contributed by atoms with E-state index in [4.69, 9.17) is 9.72 Å². The molecule has 0 bridgehead atoms. The summed E-state index contributed by atoms with van der Waals surface area (Å²) in [5.74, 6) is -3.96. The van der Waals surface area contributed by atoms with Crippen molar-refractivity contribution in [3.05, 3.63) is 77.6 Å². The number of halogens is 3. The molecule has 230 valence electrons. The second-order valence-electron chi connectivity index (χ2n) is 10.9. The SMILES string of the molecule is C[C@@H]1CN(c2cccc(-c3ccc4cnc(CNC(=O)c5cnc6c(c5)N(S(=O)(=O)C(F)F)CC6)cc4c3F)n2)C[C@H](C)O1. The van der Waals surface area contributed by atoms with Gasteiger partial charge in [0.15, 0.2) is 0 Å². The van der Waals surface area contributed by atoms with Crippen LogP contribution < -0.4 is 14.5 Å². The summed E-state index contributed by atoms with van der Waals surface area (Å²) in [6.45, 7) is 5.11. The molecule has 44 heavy (non-hydrogen) atoms. The fourth-order valence-electron chi connectivity index (χ4n) is 5.61. The summed E-state index contributed by atoms with van der Waals surface area (Å²) in [4.78, 5) is 28.2. The molecule has 0 spiro atoms. The molecule has 14 heteroatoms. The van der Waals surface area contributed by atoms with Crippen molar-refractivity contribution in [3.63, 3.8) is 0 Å². The van der Waals surface area contributed by atoms with E-state index in [9.17, 15) is 22.0 Å². The molecule has 4 aromatic rings. The third-order valence-electron chi connectivity index (χ3n) is 7.64. The summed E-state index contributed by atoms with van der Waals surface area (Å²) in [6.07, 6.45) is 3.01. The molecule has 1 N–H and O–H groups in total. The Balaban J connectivity index is 1.21. The van der Waals surface area contributed by atoms with Gasteiger partial charge in [-0.3, -0.25) is 19.1 Å². The number of nitrogens with zero attached hydrogens (tertiary/aromatic N) is 5. The summed E-state index contributed by atoms with van der Waals surface area (Å²) in [6, 6.07) is 11.7. The van der Waals surface area contributed by atoms with Gasteiger partial charge in [0, 0.05) is 54.8 Å². The predicted octanol–water partition coefficient (Wildman–Crippen LogP) is 4.29. The van der Waals surface area contributed by atoms with Crippen molar-refractivity contribution in [2.24, 2.45) is 0 Å². The quantitative estimate of drug-likeness (QED) is 0.323. The number of sulfonamides is 1. The van der Waals surface area contributed by atoms with Crippen LogP contribution in [-0.4, -0.2) is 66.9 Å². The highest BCUT2D eigenvalue weighted by atomic mass is 32.2. The van der Waals surface area contributed by atoms with Gasteiger partial charge in [0.1, 0.15) is 11.6 Å². The number of anilines is 2. The number of nitrogens with one attached hydrogen (secondary N) is 1. The largest absolute Gasteiger partial charge is 0.372 e. The number of ether oxygens (including phenoxy) is 1. The second kappa shape index (κ2) is 11.7. The number of rotatable bonds is 7. The van der Waals surface area contributed by atoms with Gasteiger partial charge in [0.05, 0.1) is 47.1 Å². The van der Waals surface area contributed by atoms with E-state index in [0.717, 1.165) is 5.82 Å². The monoisotopic (exact) mass is 626 g/mol. The first-order valence-electron chi connectivity index (χ1n) is 14.0. The van der Waals surface area contributed by atoms with Gasteiger partial charge in [-0.2, -0.15) is 8.78 Å². The van der Waals surface area contributed by atoms with Gasteiger partial charge in [0.2, 0.25) is 0 Å². The molecule has 2 aliphatic rings. The summed E-state index contributed by atoms with van der Waals surface area (Å²) >= 11 is 0. The molecule has 6 rings (SSSR count). The Morgan fingerprint density at radius 2 is 1.86 bits per heavy atom. The number of morpholine rings is 1. The second-order valence-corrected chi connectivity index (χ2v) is 12.7. The number of hydrogen-bond donors (Lipinski definition) is 1. The first kappa shape index (κ1) is 29.8. The number of benzene rings is 1. The Morgan fingerprint density at radius 1 is 1.09 bits per heavy atom. The fraction of sp³-hybridized carbons (Fsp3) is 0.333. The molecule has 2 aliphatic heterocycles. The maximum Gasteiger partial charge on any atom is 0.355 e. The summed E-state index contributed by atoms with van der Waals surface area (Å²) < 4.78 is 72.7. The molecule has 1 fully saturated rings. The molecule has 0 radical (unpaired) electrons. The number of carbonyl (C=O) groups is 1. The summed E-state index contributed by atoms with van der Waals surface area (Å²) in [5.41, 5.74) is 1.42. The maximum absolute atomic E-state index is 15.9. The van der Waals surface area contributed by atoms with Crippen LogP contribution in [0.5, 0.6) is 0 Å². The van der Waals surface area contributed by atoms with E-state index in [0.29, 0.717) is 50.8 Å². The van der Waals surface area contributed by atoms with Gasteiger partial charge in [-0.25, -0.2) is 17.8 Å². The zero-order valence-electron chi connectivity index (χ0n) is 23.9. The van der Waals surface area contributed by atoms with Gasteiger partial charge in [-0.15, -0.1) is 0 Å². The van der Waals surface area contributed by atoms with E-state index >= 15 is 4.39 Å². The minimum absolute atomic E-state index is 0.00983. The molecule has 0 unspecified atom stereocenters. The molecule has 3 aromatic heterocycles. The van der Waals surface area contributed by atoms with Crippen LogP contribution in [0.25, 0.3) is 22.0 Å². The topological polar surface area (TPSA) is 118 Å². The highest BCUT2D eigenvalue weighted by Gasteiger charge is 2.37. The Labute approximate surface area is 251 Å². The molecule has 0 aliphatic carbocycles. The lowest BCUT2D eigenvalue weighted by Gasteiger charge is -2.36. The van der Waals surface area contributed by atoms with Crippen LogP contribution in [0.4, 0.5) is 24.7 Å². The highest BCUT2D eigenvalue weighted by molar-refractivity contribution is 7.93. The Morgan fingerprint density at radius 3 is 2.61 bits per heavy atom. The molecule has 2 atom stereocenters. The number of pyridine rings is 3. The number of alkyl halides is 2. The Kier molecular flexibility index (Phi) is 7.88. The number of aromatic nitrogens is 3. The predicted molar refractivity (Wildman–Crippen MR) is 159 cm³/mol. The van der Waals surface area contributed by atoms with Crippen molar-refractivity contribution in [1.29, 1.82) is 0 Å². The minimum Gasteiger partial charge on any atom is -0.372 e. The lowest BCUT2D eigenvalue weighted by molar-refractivity contribution is -0.00545. The smallest absolute Gasteiger partial charge is 0.355 e. The van der Waals surface area contributed by atoms with Crippen LogP contribution in [0.3, 0.4) is 0 Å². The third-order valence-corrected chi connectivity index (χ3v) is 9.08. The first-order valence-corrected chi connectivity index (χ1v) is 15.5. The molecule has 0 saturated carbocycles. The van der Waals surface area contributed by atoms with Crippen molar-refractivity contribution in [3.8, 4) is 11.3 Å². The van der Waals surface area contributed by atoms with Crippen molar-refractivity contribution < 1.29 is 31.1 Å². The average molecular weight is 627 g/mol. The molecule has 10 nitrogen and oxygen atoms in total. The van der Waals surface area contributed by atoms with Gasteiger partial charge in [-0.05, 0) is 44.2 Å². The number of hydrogen-bond acceptors (Lipinski definition) is 8.